The third kappa shape index (κ3) is 4.30. The number of nitrogens with zero attached hydrogens (tertiary/aromatic N) is 3. The Kier molecular flexibility index (Phi) is 6.70. The van der Waals surface area contributed by atoms with Crippen LogP contribution >= 0.6 is 0 Å². The monoisotopic (exact) mass is 417 g/mol. The zero-order chi connectivity index (χ0) is 22.0. The van der Waals surface area contributed by atoms with E-state index in [-0.39, 0.29) is 31.1 Å². The number of amides is 1. The molecule has 1 fully saturated rings. The fourth-order valence-corrected chi connectivity index (χ4v) is 3.88. The highest BCUT2D eigenvalue weighted by Gasteiger charge is 2.32. The first kappa shape index (κ1) is 22.1. The van der Waals surface area contributed by atoms with Crippen LogP contribution < -0.4 is 9.80 Å². The zero-order valence-corrected chi connectivity index (χ0v) is 17.4. The van der Waals surface area contributed by atoms with Crippen LogP contribution in [0.4, 0.5) is 15.9 Å². The number of carbonyl (C=O) groups excluding carboxylic acids is 1. The van der Waals surface area contributed by atoms with Crippen LogP contribution in [0.2, 0.25) is 0 Å². The molecule has 2 unspecified atom stereocenters. The highest BCUT2D eigenvalue weighted by Crippen LogP contribution is 2.37. The first-order chi connectivity index (χ1) is 14.3. The Morgan fingerprint density at radius 3 is 2.67 bits per heavy atom. The van der Waals surface area contributed by atoms with Crippen molar-refractivity contribution < 1.29 is 24.5 Å². The molecule has 1 aromatic carbocycles. The second-order valence-electron chi connectivity index (χ2n) is 7.95. The van der Waals surface area contributed by atoms with E-state index in [0.717, 1.165) is 0 Å². The van der Waals surface area contributed by atoms with Crippen LogP contribution in [0.25, 0.3) is 11.1 Å². The molecule has 3 N–H and O–H groups in total. The summed E-state index contributed by atoms with van der Waals surface area (Å²) in [5.74, 6) is -0.278. The summed E-state index contributed by atoms with van der Waals surface area (Å²) in [6, 6.07) is 5.62. The third-order valence-electron chi connectivity index (χ3n) is 5.48. The third-order valence-corrected chi connectivity index (χ3v) is 5.48. The maximum absolute atomic E-state index is 13.8. The molecular formula is C22H28FN3O4. The summed E-state index contributed by atoms with van der Waals surface area (Å²) in [5.41, 5.74) is 2.11. The van der Waals surface area contributed by atoms with E-state index in [9.17, 15) is 24.5 Å². The molecule has 1 amide bonds. The average Bonchev–Trinajstić information content (AvgIpc) is 3.12. The van der Waals surface area contributed by atoms with Crippen molar-refractivity contribution in [2.75, 3.05) is 30.0 Å². The van der Waals surface area contributed by atoms with Gasteiger partial charge in [-0.1, -0.05) is 19.9 Å². The molecule has 0 aliphatic carbocycles. The Bertz CT molecular complexity index is 921. The van der Waals surface area contributed by atoms with Crippen molar-refractivity contribution in [3.05, 3.63) is 41.8 Å². The SMILES string of the molecule is CC(C)C(=O)N(C)c1cnc(N2CC(O)CC2CO)cc1-c1ccc(F)cc1CO. The van der Waals surface area contributed by atoms with Gasteiger partial charge in [-0.05, 0) is 35.7 Å². The van der Waals surface area contributed by atoms with Gasteiger partial charge in [0.1, 0.15) is 11.6 Å². The number of anilines is 2. The predicted octanol–water partition coefficient (Wildman–Crippen LogP) is 1.93. The van der Waals surface area contributed by atoms with E-state index in [1.807, 2.05) is 4.90 Å². The van der Waals surface area contributed by atoms with E-state index in [1.165, 1.54) is 17.0 Å². The van der Waals surface area contributed by atoms with Crippen molar-refractivity contribution in [3.8, 4) is 11.1 Å². The molecule has 1 aliphatic rings. The van der Waals surface area contributed by atoms with E-state index in [4.69, 9.17) is 0 Å². The van der Waals surface area contributed by atoms with E-state index in [1.54, 1.807) is 39.2 Å². The molecule has 30 heavy (non-hydrogen) atoms. The lowest BCUT2D eigenvalue weighted by molar-refractivity contribution is -0.121. The summed E-state index contributed by atoms with van der Waals surface area (Å²) >= 11 is 0. The Morgan fingerprint density at radius 2 is 2.03 bits per heavy atom. The molecule has 1 aromatic heterocycles. The lowest BCUT2D eigenvalue weighted by Crippen LogP contribution is -2.34. The highest BCUT2D eigenvalue weighted by atomic mass is 19.1. The largest absolute Gasteiger partial charge is 0.394 e. The molecule has 2 atom stereocenters. The van der Waals surface area contributed by atoms with Gasteiger partial charge in [0.15, 0.2) is 0 Å². The van der Waals surface area contributed by atoms with Crippen molar-refractivity contribution in [1.29, 1.82) is 0 Å². The molecule has 8 heteroatoms. The number of halogens is 1. The minimum atomic E-state index is -0.573. The highest BCUT2D eigenvalue weighted by molar-refractivity contribution is 5.98. The normalized spacial score (nSPS) is 18.9. The standard InChI is InChI=1S/C22H28FN3O4/c1-13(2)22(30)25(3)20-9-24-21(26-10-17(29)7-16(26)12-28)8-19(20)18-5-4-15(23)6-14(18)11-27/h4-6,8-9,13,16-17,27-29H,7,10-12H2,1-3H3. The molecule has 0 bridgehead atoms. The number of pyridine rings is 1. The first-order valence-corrected chi connectivity index (χ1v) is 9.99. The first-order valence-electron chi connectivity index (χ1n) is 9.99. The molecule has 0 radical (unpaired) electrons. The van der Waals surface area contributed by atoms with Crippen molar-refractivity contribution in [1.82, 2.24) is 4.98 Å². The summed E-state index contributed by atoms with van der Waals surface area (Å²) in [5, 5.41) is 29.5. The molecule has 1 aliphatic heterocycles. The summed E-state index contributed by atoms with van der Waals surface area (Å²) < 4.78 is 13.8. The number of aromatic nitrogens is 1. The van der Waals surface area contributed by atoms with Gasteiger partial charge in [0.05, 0.1) is 37.2 Å². The second kappa shape index (κ2) is 9.07. The summed E-state index contributed by atoms with van der Waals surface area (Å²) in [6.07, 6.45) is 1.42. The van der Waals surface area contributed by atoms with Gasteiger partial charge in [0, 0.05) is 25.1 Å². The molecule has 7 nitrogen and oxygen atoms in total. The van der Waals surface area contributed by atoms with Gasteiger partial charge < -0.3 is 25.1 Å². The van der Waals surface area contributed by atoms with Crippen LogP contribution in [0.15, 0.2) is 30.5 Å². The number of aliphatic hydroxyl groups is 3. The van der Waals surface area contributed by atoms with Crippen LogP contribution in [0.1, 0.15) is 25.8 Å². The number of hydrogen-bond donors (Lipinski definition) is 3. The molecule has 3 rings (SSSR count). The Morgan fingerprint density at radius 1 is 1.30 bits per heavy atom. The van der Waals surface area contributed by atoms with Crippen LogP contribution in [0.3, 0.4) is 0 Å². The average molecular weight is 417 g/mol. The second-order valence-corrected chi connectivity index (χ2v) is 7.95. The fraction of sp³-hybridized carbons (Fsp3) is 0.455. The zero-order valence-electron chi connectivity index (χ0n) is 17.4. The van der Waals surface area contributed by atoms with Gasteiger partial charge in [0.25, 0.3) is 0 Å². The molecule has 2 heterocycles. The number of benzene rings is 1. The number of rotatable bonds is 6. The van der Waals surface area contributed by atoms with Crippen molar-refractivity contribution >= 4 is 17.4 Å². The van der Waals surface area contributed by atoms with Crippen LogP contribution in [0, 0.1) is 11.7 Å². The minimum Gasteiger partial charge on any atom is -0.394 e. The molecule has 1 saturated heterocycles. The maximum Gasteiger partial charge on any atom is 0.229 e. The van der Waals surface area contributed by atoms with Crippen molar-refractivity contribution in [2.45, 2.75) is 39.0 Å². The van der Waals surface area contributed by atoms with Crippen LogP contribution in [-0.4, -0.2) is 58.6 Å². The summed E-state index contributed by atoms with van der Waals surface area (Å²) in [4.78, 5) is 20.4. The number of carbonyl (C=O) groups is 1. The van der Waals surface area contributed by atoms with Gasteiger partial charge in [-0.15, -0.1) is 0 Å². The van der Waals surface area contributed by atoms with Crippen LogP contribution in [0.5, 0.6) is 0 Å². The van der Waals surface area contributed by atoms with Crippen molar-refractivity contribution in [3.63, 3.8) is 0 Å². The maximum atomic E-state index is 13.8. The van der Waals surface area contributed by atoms with Gasteiger partial charge in [-0.25, -0.2) is 9.37 Å². The van der Waals surface area contributed by atoms with E-state index >= 15 is 0 Å². The van der Waals surface area contributed by atoms with Gasteiger partial charge in [0.2, 0.25) is 5.91 Å². The lowest BCUT2D eigenvalue weighted by atomic mass is 9.98. The fourth-order valence-electron chi connectivity index (χ4n) is 3.88. The minimum absolute atomic E-state index is 0.108. The number of hydrogen-bond acceptors (Lipinski definition) is 6. The molecule has 0 saturated carbocycles. The Labute approximate surface area is 175 Å². The molecular weight excluding hydrogens is 389 g/mol. The summed E-state index contributed by atoms with van der Waals surface area (Å²) in [6.45, 7) is 3.44. The Hall–Kier alpha value is -2.55. The topological polar surface area (TPSA) is 97.1 Å². The lowest BCUT2D eigenvalue weighted by Gasteiger charge is -2.27. The number of β-amino-alcohol motifs (C(OH)–C–C–N with tert-alkyl or cyclic N) is 1. The predicted molar refractivity (Wildman–Crippen MR) is 113 cm³/mol. The van der Waals surface area contributed by atoms with E-state index in [2.05, 4.69) is 4.98 Å². The smallest absolute Gasteiger partial charge is 0.229 e. The quantitative estimate of drug-likeness (QED) is 0.665. The van der Waals surface area contributed by atoms with E-state index < -0.39 is 11.9 Å². The van der Waals surface area contributed by atoms with E-state index in [0.29, 0.717) is 41.2 Å². The number of aliphatic hydroxyl groups excluding tert-OH is 3. The molecule has 0 spiro atoms. The molecule has 162 valence electrons. The van der Waals surface area contributed by atoms with Gasteiger partial charge in [-0.3, -0.25) is 4.79 Å². The van der Waals surface area contributed by atoms with Crippen LogP contribution in [-0.2, 0) is 11.4 Å². The molecule has 2 aromatic rings. The van der Waals surface area contributed by atoms with Crippen molar-refractivity contribution in [2.24, 2.45) is 5.92 Å². The van der Waals surface area contributed by atoms with Gasteiger partial charge >= 0.3 is 0 Å². The Balaban J connectivity index is 2.16. The van der Waals surface area contributed by atoms with Gasteiger partial charge in [-0.2, -0.15) is 0 Å². The summed E-state index contributed by atoms with van der Waals surface area (Å²) in [7, 11) is 1.65.